The quantitative estimate of drug-likeness (QED) is 0.780. The van der Waals surface area contributed by atoms with E-state index in [1.54, 1.807) is 24.9 Å². The number of aromatic nitrogens is 4. The highest BCUT2D eigenvalue weighted by molar-refractivity contribution is 5.76. The second kappa shape index (κ2) is 7.29. The average Bonchev–Trinajstić information content (AvgIpc) is 3.24. The first-order chi connectivity index (χ1) is 11.6. The first-order valence-electron chi connectivity index (χ1n) is 8.02. The minimum Gasteiger partial charge on any atom is -0.470 e. The number of carbonyl (C=O) groups excluding carboxylic acids is 1. The van der Waals surface area contributed by atoms with Gasteiger partial charge in [-0.1, -0.05) is 0 Å². The largest absolute Gasteiger partial charge is 0.470 e. The van der Waals surface area contributed by atoms with E-state index in [0.717, 1.165) is 6.42 Å². The molecule has 1 aliphatic heterocycles. The van der Waals surface area contributed by atoms with Crippen molar-refractivity contribution in [1.82, 2.24) is 24.4 Å². The molecule has 8 heteroatoms. The molecule has 0 aromatic carbocycles. The van der Waals surface area contributed by atoms with Gasteiger partial charge in [0, 0.05) is 64.8 Å². The lowest BCUT2D eigenvalue weighted by Crippen LogP contribution is -2.31. The summed E-state index contributed by atoms with van der Waals surface area (Å²) in [5, 5.41) is 0. The number of nitrogens with zero attached hydrogens (tertiary/aromatic N) is 6. The summed E-state index contributed by atoms with van der Waals surface area (Å²) < 4.78 is 7.88. The first-order valence-corrected chi connectivity index (χ1v) is 8.02. The highest BCUT2D eigenvalue weighted by Crippen LogP contribution is 2.24. The topological polar surface area (TPSA) is 76.4 Å². The van der Waals surface area contributed by atoms with Crippen molar-refractivity contribution < 1.29 is 9.53 Å². The molecule has 8 nitrogen and oxygen atoms in total. The smallest absolute Gasteiger partial charge is 0.257 e. The number of aryl methyl sites for hydroxylation is 1. The summed E-state index contributed by atoms with van der Waals surface area (Å²) in [6.45, 7) is 1.95. The van der Waals surface area contributed by atoms with Crippen LogP contribution in [0.4, 0.5) is 5.82 Å². The molecule has 1 unspecified atom stereocenters. The summed E-state index contributed by atoms with van der Waals surface area (Å²) in [5.74, 6) is 1.35. The van der Waals surface area contributed by atoms with Gasteiger partial charge in [0.25, 0.3) is 5.88 Å². The molecule has 1 saturated heterocycles. The summed E-state index contributed by atoms with van der Waals surface area (Å²) in [5.41, 5.74) is 0. The molecule has 0 N–H and O–H groups in total. The van der Waals surface area contributed by atoms with Crippen LogP contribution in [0, 0.1) is 0 Å². The van der Waals surface area contributed by atoms with Crippen LogP contribution in [-0.4, -0.2) is 63.6 Å². The second-order valence-electron chi connectivity index (χ2n) is 6.00. The molecule has 0 saturated carbocycles. The van der Waals surface area contributed by atoms with E-state index in [0.29, 0.717) is 37.8 Å². The van der Waals surface area contributed by atoms with Crippen molar-refractivity contribution in [2.45, 2.75) is 25.5 Å². The Morgan fingerprint density at radius 2 is 2.17 bits per heavy atom. The van der Waals surface area contributed by atoms with Crippen molar-refractivity contribution in [3.8, 4) is 5.88 Å². The van der Waals surface area contributed by atoms with Crippen molar-refractivity contribution in [1.29, 1.82) is 0 Å². The van der Waals surface area contributed by atoms with E-state index >= 15 is 0 Å². The predicted molar refractivity (Wildman–Crippen MR) is 88.8 cm³/mol. The predicted octanol–water partition coefficient (Wildman–Crippen LogP) is 0.809. The Morgan fingerprint density at radius 1 is 1.33 bits per heavy atom. The van der Waals surface area contributed by atoms with Crippen LogP contribution in [0.1, 0.15) is 12.8 Å². The fraction of sp³-hybridized carbons (Fsp3) is 0.500. The van der Waals surface area contributed by atoms with Crippen LogP contribution >= 0.6 is 0 Å². The molecule has 0 bridgehead atoms. The fourth-order valence-electron chi connectivity index (χ4n) is 2.72. The molecule has 3 heterocycles. The van der Waals surface area contributed by atoms with Gasteiger partial charge in [-0.05, 0) is 0 Å². The Labute approximate surface area is 141 Å². The van der Waals surface area contributed by atoms with Crippen molar-refractivity contribution >= 4 is 11.7 Å². The third-order valence-electron chi connectivity index (χ3n) is 3.99. The van der Waals surface area contributed by atoms with Crippen LogP contribution < -0.4 is 9.64 Å². The Balaban J connectivity index is 1.53. The van der Waals surface area contributed by atoms with Crippen molar-refractivity contribution in [2.24, 2.45) is 0 Å². The monoisotopic (exact) mass is 330 g/mol. The van der Waals surface area contributed by atoms with Gasteiger partial charge in [0.2, 0.25) is 5.91 Å². The Bertz CT molecular complexity index is 673. The molecule has 1 aliphatic rings. The molecule has 0 aliphatic carbocycles. The Morgan fingerprint density at radius 3 is 2.92 bits per heavy atom. The maximum atomic E-state index is 12.3. The van der Waals surface area contributed by atoms with Gasteiger partial charge >= 0.3 is 0 Å². The van der Waals surface area contributed by atoms with Gasteiger partial charge in [-0.15, -0.1) is 0 Å². The van der Waals surface area contributed by atoms with Crippen molar-refractivity contribution in [3.05, 3.63) is 31.1 Å². The summed E-state index contributed by atoms with van der Waals surface area (Å²) in [7, 11) is 3.80. The van der Waals surface area contributed by atoms with Crippen molar-refractivity contribution in [3.63, 3.8) is 0 Å². The van der Waals surface area contributed by atoms with E-state index in [4.69, 9.17) is 4.74 Å². The maximum absolute atomic E-state index is 12.3. The minimum absolute atomic E-state index is 0.0439. The number of hydrogen-bond donors (Lipinski definition) is 0. The summed E-state index contributed by atoms with van der Waals surface area (Å²) in [6, 6.07) is 0. The molecular weight excluding hydrogens is 308 g/mol. The summed E-state index contributed by atoms with van der Waals surface area (Å²) in [6.07, 6.45) is 9.79. The van der Waals surface area contributed by atoms with Gasteiger partial charge in [0.15, 0.2) is 5.82 Å². The van der Waals surface area contributed by atoms with Gasteiger partial charge in [0.05, 0.1) is 12.9 Å². The van der Waals surface area contributed by atoms with Crippen LogP contribution in [0.3, 0.4) is 0 Å². The fourth-order valence-corrected chi connectivity index (χ4v) is 2.72. The van der Waals surface area contributed by atoms with Crippen LogP contribution in [-0.2, 0) is 11.3 Å². The van der Waals surface area contributed by atoms with E-state index in [1.165, 1.54) is 0 Å². The number of imidazole rings is 1. The van der Waals surface area contributed by atoms with E-state index in [1.807, 2.05) is 34.7 Å². The highest BCUT2D eigenvalue weighted by Gasteiger charge is 2.28. The number of likely N-dealkylation sites (tertiary alicyclic amines) is 1. The normalized spacial score (nSPS) is 17.1. The number of ether oxygens (including phenoxy) is 1. The third-order valence-corrected chi connectivity index (χ3v) is 3.99. The molecule has 3 rings (SSSR count). The lowest BCUT2D eigenvalue weighted by atomic mass is 10.3. The first kappa shape index (κ1) is 16.2. The van der Waals surface area contributed by atoms with Crippen LogP contribution in [0.5, 0.6) is 5.88 Å². The van der Waals surface area contributed by atoms with Gasteiger partial charge in [-0.25, -0.2) is 15.0 Å². The van der Waals surface area contributed by atoms with Gasteiger partial charge in [-0.2, -0.15) is 0 Å². The summed E-state index contributed by atoms with van der Waals surface area (Å²) in [4.78, 5) is 28.6. The molecule has 1 fully saturated rings. The molecule has 128 valence electrons. The van der Waals surface area contributed by atoms with Gasteiger partial charge in [-0.3, -0.25) is 4.79 Å². The summed E-state index contributed by atoms with van der Waals surface area (Å²) >= 11 is 0. The Kier molecular flexibility index (Phi) is 4.93. The Hall–Kier alpha value is -2.64. The van der Waals surface area contributed by atoms with E-state index in [9.17, 15) is 4.79 Å². The van der Waals surface area contributed by atoms with E-state index < -0.39 is 0 Å². The number of anilines is 1. The van der Waals surface area contributed by atoms with Crippen LogP contribution in [0.15, 0.2) is 31.1 Å². The van der Waals surface area contributed by atoms with Crippen LogP contribution in [0.25, 0.3) is 0 Å². The van der Waals surface area contributed by atoms with Crippen molar-refractivity contribution in [2.75, 3.05) is 32.1 Å². The molecular formula is C16H22N6O2. The minimum atomic E-state index is -0.0439. The zero-order chi connectivity index (χ0) is 16.9. The molecule has 24 heavy (non-hydrogen) atoms. The average molecular weight is 330 g/mol. The molecule has 1 atom stereocenters. The lowest BCUT2D eigenvalue weighted by molar-refractivity contribution is -0.130. The second-order valence-corrected chi connectivity index (χ2v) is 6.00. The number of rotatable bonds is 6. The van der Waals surface area contributed by atoms with E-state index in [2.05, 4.69) is 15.0 Å². The number of carbonyl (C=O) groups is 1. The van der Waals surface area contributed by atoms with Gasteiger partial charge in [0.1, 0.15) is 6.10 Å². The molecule has 2 aromatic heterocycles. The standard InChI is InChI=1S/C16H22N6O2/c1-20(2)15-16(19-6-5-18-15)24-13-3-9-22(11-13)14(23)4-8-21-10-7-17-12-21/h5-7,10,12-13H,3-4,8-9,11H2,1-2H3. The lowest BCUT2D eigenvalue weighted by Gasteiger charge is -2.19. The molecule has 2 aromatic rings. The van der Waals surface area contributed by atoms with E-state index in [-0.39, 0.29) is 12.0 Å². The zero-order valence-electron chi connectivity index (χ0n) is 14.0. The number of hydrogen-bond acceptors (Lipinski definition) is 6. The molecule has 0 spiro atoms. The third kappa shape index (κ3) is 3.81. The zero-order valence-corrected chi connectivity index (χ0v) is 14.0. The molecule has 1 amide bonds. The number of amides is 1. The van der Waals surface area contributed by atoms with Crippen LogP contribution in [0.2, 0.25) is 0 Å². The highest BCUT2D eigenvalue weighted by atomic mass is 16.5. The van der Waals surface area contributed by atoms with Gasteiger partial charge < -0.3 is 19.1 Å². The SMILES string of the molecule is CN(C)c1nccnc1OC1CCN(C(=O)CCn2ccnc2)C1. The molecule has 0 radical (unpaired) electrons. The maximum Gasteiger partial charge on any atom is 0.257 e.